The van der Waals surface area contributed by atoms with E-state index in [1.165, 1.54) is 12.5 Å². The van der Waals surface area contributed by atoms with Crippen LogP contribution in [0.4, 0.5) is 0 Å². The molecular formula is C23H19N5O3. The van der Waals surface area contributed by atoms with Crippen LogP contribution in [0.3, 0.4) is 0 Å². The molecule has 1 N–H and O–H groups in total. The van der Waals surface area contributed by atoms with Crippen molar-refractivity contribution in [2.75, 3.05) is 6.61 Å². The molecule has 1 heterocycles. The maximum Gasteiger partial charge on any atom is 0.336 e. The fourth-order valence-electron chi connectivity index (χ4n) is 2.64. The minimum absolute atomic E-state index is 0.105. The van der Waals surface area contributed by atoms with E-state index in [-0.39, 0.29) is 12.6 Å². The van der Waals surface area contributed by atoms with Crippen molar-refractivity contribution in [2.24, 2.45) is 5.10 Å². The summed E-state index contributed by atoms with van der Waals surface area (Å²) >= 11 is 0. The molecule has 0 saturated carbocycles. The smallest absolute Gasteiger partial charge is 0.336 e. The van der Waals surface area contributed by atoms with Crippen molar-refractivity contribution >= 4 is 12.1 Å². The molecule has 0 radical (unpaired) electrons. The zero-order valence-electron chi connectivity index (χ0n) is 16.5. The number of hydrogen-bond donors (Lipinski definition) is 1. The van der Waals surface area contributed by atoms with Crippen LogP contribution in [0.25, 0.3) is 5.69 Å². The third-order valence-electron chi connectivity index (χ3n) is 4.06. The molecule has 1 aromatic heterocycles. The lowest BCUT2D eigenvalue weighted by Crippen LogP contribution is -2.24. The Morgan fingerprint density at radius 3 is 2.52 bits per heavy atom. The van der Waals surface area contributed by atoms with E-state index in [1.807, 2.05) is 84.9 Å². The zero-order valence-corrected chi connectivity index (χ0v) is 16.5. The van der Waals surface area contributed by atoms with E-state index in [0.29, 0.717) is 5.75 Å². The van der Waals surface area contributed by atoms with E-state index in [2.05, 4.69) is 20.6 Å². The monoisotopic (exact) mass is 413 g/mol. The number of hydrogen-bond acceptors (Lipinski definition) is 6. The Morgan fingerprint density at radius 2 is 1.71 bits per heavy atom. The van der Waals surface area contributed by atoms with Gasteiger partial charge in [-0.3, -0.25) is 4.79 Å². The number of para-hydroxylation sites is 2. The first-order valence-electron chi connectivity index (χ1n) is 9.51. The van der Waals surface area contributed by atoms with E-state index in [4.69, 9.17) is 9.47 Å². The van der Waals surface area contributed by atoms with Crippen LogP contribution in [0.2, 0.25) is 0 Å². The number of aromatic nitrogens is 3. The van der Waals surface area contributed by atoms with Gasteiger partial charge in [0.2, 0.25) is 0 Å². The molecule has 0 unspecified atom stereocenters. The van der Waals surface area contributed by atoms with Crippen molar-refractivity contribution in [3.63, 3.8) is 0 Å². The molecule has 0 fully saturated rings. The molecule has 0 bridgehead atoms. The lowest BCUT2D eigenvalue weighted by atomic mass is 10.2. The Labute approximate surface area is 178 Å². The van der Waals surface area contributed by atoms with Crippen LogP contribution in [0.5, 0.6) is 17.5 Å². The van der Waals surface area contributed by atoms with Gasteiger partial charge in [0, 0.05) is 0 Å². The Balaban J connectivity index is 1.26. The average Bonchev–Trinajstić information content (AvgIpc) is 3.29. The van der Waals surface area contributed by atoms with Crippen LogP contribution in [0.15, 0.2) is 96.4 Å². The van der Waals surface area contributed by atoms with Crippen LogP contribution < -0.4 is 14.9 Å². The second-order valence-corrected chi connectivity index (χ2v) is 6.38. The third-order valence-corrected chi connectivity index (χ3v) is 4.06. The summed E-state index contributed by atoms with van der Waals surface area (Å²) in [5.41, 5.74) is 4.03. The fraction of sp³-hybridized carbons (Fsp3) is 0.0435. The van der Waals surface area contributed by atoms with Crippen LogP contribution in [0, 0.1) is 0 Å². The summed E-state index contributed by atoms with van der Waals surface area (Å²) in [7, 11) is 0. The summed E-state index contributed by atoms with van der Waals surface area (Å²) in [5, 5.41) is 8.12. The van der Waals surface area contributed by atoms with E-state index in [0.717, 1.165) is 17.0 Å². The SMILES string of the molecule is O=C(COc1ncn(-c2ccccc2)n1)NN=Cc1cccc(Oc2ccccc2)c1. The zero-order chi connectivity index (χ0) is 21.3. The highest BCUT2D eigenvalue weighted by atomic mass is 16.5. The van der Waals surface area contributed by atoms with Gasteiger partial charge in [0.1, 0.15) is 17.8 Å². The molecule has 0 aliphatic rings. The number of benzene rings is 3. The van der Waals surface area contributed by atoms with Gasteiger partial charge in [-0.1, -0.05) is 48.5 Å². The van der Waals surface area contributed by atoms with Gasteiger partial charge in [-0.25, -0.2) is 10.1 Å². The minimum Gasteiger partial charge on any atom is -0.457 e. The summed E-state index contributed by atoms with van der Waals surface area (Å²) in [4.78, 5) is 16.0. The molecule has 4 rings (SSSR count). The van der Waals surface area contributed by atoms with Gasteiger partial charge in [0.25, 0.3) is 5.91 Å². The van der Waals surface area contributed by atoms with Crippen LogP contribution in [-0.4, -0.2) is 33.5 Å². The summed E-state index contributed by atoms with van der Waals surface area (Å²) < 4.78 is 12.7. The molecular weight excluding hydrogens is 394 g/mol. The lowest BCUT2D eigenvalue weighted by molar-refractivity contribution is -0.123. The molecule has 0 atom stereocenters. The van der Waals surface area contributed by atoms with Crippen LogP contribution >= 0.6 is 0 Å². The molecule has 154 valence electrons. The Hall–Kier alpha value is -4.46. The Bertz CT molecular complexity index is 1160. The lowest BCUT2D eigenvalue weighted by Gasteiger charge is -2.05. The quantitative estimate of drug-likeness (QED) is 0.352. The van der Waals surface area contributed by atoms with Crippen molar-refractivity contribution in [1.29, 1.82) is 0 Å². The van der Waals surface area contributed by atoms with Crippen molar-refractivity contribution < 1.29 is 14.3 Å². The maximum absolute atomic E-state index is 12.0. The highest BCUT2D eigenvalue weighted by Gasteiger charge is 2.07. The average molecular weight is 413 g/mol. The largest absolute Gasteiger partial charge is 0.457 e. The Morgan fingerprint density at radius 1 is 0.968 bits per heavy atom. The first-order chi connectivity index (χ1) is 15.3. The van der Waals surface area contributed by atoms with Crippen molar-refractivity contribution in [3.05, 3.63) is 96.8 Å². The topological polar surface area (TPSA) is 90.6 Å². The van der Waals surface area contributed by atoms with Gasteiger partial charge in [-0.05, 0) is 42.0 Å². The number of carbonyl (C=O) groups is 1. The fourth-order valence-corrected chi connectivity index (χ4v) is 2.64. The van der Waals surface area contributed by atoms with Gasteiger partial charge in [-0.15, -0.1) is 5.10 Å². The highest BCUT2D eigenvalue weighted by Crippen LogP contribution is 2.21. The van der Waals surface area contributed by atoms with Crippen molar-refractivity contribution in [3.8, 4) is 23.2 Å². The number of rotatable bonds is 8. The molecule has 0 spiro atoms. The summed E-state index contributed by atoms with van der Waals surface area (Å²) in [6, 6.07) is 26.4. The van der Waals surface area contributed by atoms with E-state index in [1.54, 1.807) is 4.68 Å². The van der Waals surface area contributed by atoms with E-state index >= 15 is 0 Å². The maximum atomic E-state index is 12.0. The molecule has 1 amide bonds. The minimum atomic E-state index is -0.427. The van der Waals surface area contributed by atoms with Crippen molar-refractivity contribution in [2.45, 2.75) is 0 Å². The Kier molecular flexibility index (Phi) is 6.30. The molecule has 0 aliphatic carbocycles. The third kappa shape index (κ3) is 5.77. The van der Waals surface area contributed by atoms with E-state index in [9.17, 15) is 4.79 Å². The molecule has 4 aromatic rings. The summed E-state index contributed by atoms with van der Waals surface area (Å²) in [6.45, 7) is -0.257. The molecule has 8 nitrogen and oxygen atoms in total. The molecule has 31 heavy (non-hydrogen) atoms. The number of nitrogens with zero attached hydrogens (tertiary/aromatic N) is 4. The van der Waals surface area contributed by atoms with Crippen LogP contribution in [-0.2, 0) is 4.79 Å². The van der Waals surface area contributed by atoms with Gasteiger partial charge in [-0.2, -0.15) is 10.1 Å². The molecule has 8 heteroatoms. The van der Waals surface area contributed by atoms with Crippen LogP contribution in [0.1, 0.15) is 5.56 Å². The number of carbonyl (C=O) groups excluding carboxylic acids is 1. The van der Waals surface area contributed by atoms with Gasteiger partial charge in [0.05, 0.1) is 11.9 Å². The summed E-state index contributed by atoms with van der Waals surface area (Å²) in [6.07, 6.45) is 3.04. The summed E-state index contributed by atoms with van der Waals surface area (Å²) in [5.74, 6) is 0.985. The second-order valence-electron chi connectivity index (χ2n) is 6.38. The van der Waals surface area contributed by atoms with E-state index < -0.39 is 5.91 Å². The van der Waals surface area contributed by atoms with Crippen molar-refractivity contribution in [1.82, 2.24) is 20.2 Å². The predicted octanol–water partition coefficient (Wildman–Crippen LogP) is 3.59. The predicted molar refractivity (Wildman–Crippen MR) is 116 cm³/mol. The standard InChI is InChI=1S/C23H19N5O3/c29-22(16-30-23-24-17-28(27-23)19-9-3-1-4-10-19)26-25-15-18-8-7-13-21(14-18)31-20-11-5-2-6-12-20/h1-15,17H,16H2,(H,26,29). The molecule has 0 saturated heterocycles. The second kappa shape index (κ2) is 9.84. The number of nitrogens with one attached hydrogen (secondary N) is 1. The molecule has 0 aliphatic heterocycles. The first-order valence-corrected chi connectivity index (χ1v) is 9.51. The highest BCUT2D eigenvalue weighted by molar-refractivity contribution is 5.83. The number of amides is 1. The van der Waals surface area contributed by atoms with Gasteiger partial charge < -0.3 is 9.47 Å². The molecule has 3 aromatic carbocycles. The first kappa shape index (κ1) is 19.8. The number of ether oxygens (including phenoxy) is 2. The normalized spacial score (nSPS) is 10.7. The number of hydrazone groups is 1. The van der Waals surface area contributed by atoms with Gasteiger partial charge in [0.15, 0.2) is 6.61 Å². The van der Waals surface area contributed by atoms with Gasteiger partial charge >= 0.3 is 6.01 Å².